The van der Waals surface area contributed by atoms with Crippen LogP contribution in [0.5, 0.6) is 5.75 Å². The normalized spacial score (nSPS) is 18.3. The van der Waals surface area contributed by atoms with Crippen molar-refractivity contribution in [1.82, 2.24) is 10.2 Å². The minimum Gasteiger partial charge on any atom is -0.497 e. The summed E-state index contributed by atoms with van der Waals surface area (Å²) in [4.78, 5) is 2.21. The predicted molar refractivity (Wildman–Crippen MR) is 71.8 cm³/mol. The fourth-order valence-electron chi connectivity index (χ4n) is 2.56. The third-order valence-electron chi connectivity index (χ3n) is 3.56. The van der Waals surface area contributed by atoms with Crippen LogP contribution < -0.4 is 10.1 Å². The van der Waals surface area contributed by atoms with E-state index in [1.165, 1.54) is 6.07 Å². The Morgan fingerprint density at radius 3 is 2.79 bits per heavy atom. The molecule has 5 heteroatoms. The highest BCUT2D eigenvalue weighted by Crippen LogP contribution is 2.29. The van der Waals surface area contributed by atoms with Crippen molar-refractivity contribution in [2.45, 2.75) is 12.5 Å². The lowest BCUT2D eigenvalue weighted by molar-refractivity contribution is 0.138. The summed E-state index contributed by atoms with van der Waals surface area (Å²) in [6.07, 6.45) is 0.532. The summed E-state index contributed by atoms with van der Waals surface area (Å²) in [5, 5.41) is 12.5. The number of nitrogens with zero attached hydrogens (tertiary/aromatic N) is 1. The van der Waals surface area contributed by atoms with Crippen molar-refractivity contribution >= 4 is 0 Å². The zero-order valence-electron chi connectivity index (χ0n) is 11.2. The molecule has 0 bridgehead atoms. The molecule has 2 rings (SSSR count). The van der Waals surface area contributed by atoms with Gasteiger partial charge in [0.2, 0.25) is 0 Å². The first-order valence-electron chi connectivity index (χ1n) is 6.65. The Bertz CT molecular complexity index is 408. The van der Waals surface area contributed by atoms with Gasteiger partial charge in [0.15, 0.2) is 0 Å². The van der Waals surface area contributed by atoms with E-state index >= 15 is 0 Å². The van der Waals surface area contributed by atoms with Crippen molar-refractivity contribution in [2.75, 3.05) is 39.9 Å². The van der Waals surface area contributed by atoms with E-state index in [0.29, 0.717) is 17.7 Å². The maximum Gasteiger partial charge on any atom is 0.128 e. The first-order chi connectivity index (χ1) is 9.26. The molecule has 1 aliphatic rings. The van der Waals surface area contributed by atoms with E-state index in [1.807, 2.05) is 0 Å². The highest BCUT2D eigenvalue weighted by atomic mass is 19.1. The van der Waals surface area contributed by atoms with Crippen LogP contribution in [0.2, 0.25) is 0 Å². The topological polar surface area (TPSA) is 44.7 Å². The fourth-order valence-corrected chi connectivity index (χ4v) is 2.56. The smallest absolute Gasteiger partial charge is 0.128 e. The second kappa shape index (κ2) is 6.84. The van der Waals surface area contributed by atoms with Crippen molar-refractivity contribution in [3.05, 3.63) is 29.6 Å². The summed E-state index contributed by atoms with van der Waals surface area (Å²) >= 11 is 0. The Morgan fingerprint density at radius 2 is 2.16 bits per heavy atom. The number of ether oxygens (including phenoxy) is 1. The van der Waals surface area contributed by atoms with Crippen LogP contribution in [0, 0.1) is 5.82 Å². The van der Waals surface area contributed by atoms with E-state index in [2.05, 4.69) is 10.2 Å². The molecule has 1 fully saturated rings. The number of benzene rings is 1. The Hall–Kier alpha value is -1.17. The molecule has 106 valence electrons. The van der Waals surface area contributed by atoms with Crippen LogP contribution in [0.4, 0.5) is 4.39 Å². The summed E-state index contributed by atoms with van der Waals surface area (Å²) in [6, 6.07) is 4.69. The quantitative estimate of drug-likeness (QED) is 0.841. The molecule has 1 aliphatic heterocycles. The second-order valence-corrected chi connectivity index (χ2v) is 4.70. The molecule has 0 saturated carbocycles. The number of halogens is 1. The number of aliphatic hydroxyl groups excluding tert-OH is 1. The SMILES string of the molecule is COc1ccc(F)c([C@H](CCO)N2CCNCC2)c1. The van der Waals surface area contributed by atoms with Crippen LogP contribution in [-0.2, 0) is 0 Å². The Balaban J connectivity index is 2.26. The first-order valence-corrected chi connectivity index (χ1v) is 6.65. The molecule has 1 heterocycles. The van der Waals surface area contributed by atoms with Crippen LogP contribution in [0.3, 0.4) is 0 Å². The van der Waals surface area contributed by atoms with Gasteiger partial charge in [0.25, 0.3) is 0 Å². The molecule has 0 aliphatic carbocycles. The summed E-state index contributed by atoms with van der Waals surface area (Å²) in [7, 11) is 1.57. The zero-order valence-corrected chi connectivity index (χ0v) is 11.2. The molecule has 0 unspecified atom stereocenters. The maximum absolute atomic E-state index is 14.1. The molecular formula is C14H21FN2O2. The van der Waals surface area contributed by atoms with Crippen LogP contribution >= 0.6 is 0 Å². The molecule has 1 aromatic rings. The number of rotatable bonds is 5. The Labute approximate surface area is 113 Å². The van der Waals surface area contributed by atoms with Crippen LogP contribution in [-0.4, -0.2) is 49.9 Å². The number of methoxy groups -OCH3 is 1. The van der Waals surface area contributed by atoms with Gasteiger partial charge in [0.05, 0.1) is 7.11 Å². The number of piperazine rings is 1. The summed E-state index contributed by atoms with van der Waals surface area (Å²) in [5.41, 5.74) is 0.607. The number of nitrogens with one attached hydrogen (secondary N) is 1. The largest absolute Gasteiger partial charge is 0.497 e. The van der Waals surface area contributed by atoms with Crippen molar-refractivity contribution in [3.8, 4) is 5.75 Å². The van der Waals surface area contributed by atoms with Crippen LogP contribution in [0.1, 0.15) is 18.0 Å². The highest BCUT2D eigenvalue weighted by Gasteiger charge is 2.24. The lowest BCUT2D eigenvalue weighted by atomic mass is 10.0. The molecule has 0 spiro atoms. The number of aliphatic hydroxyl groups is 1. The van der Waals surface area contributed by atoms with Gasteiger partial charge in [-0.25, -0.2) is 4.39 Å². The van der Waals surface area contributed by atoms with E-state index in [1.54, 1.807) is 19.2 Å². The second-order valence-electron chi connectivity index (χ2n) is 4.70. The van der Waals surface area contributed by atoms with Gasteiger partial charge >= 0.3 is 0 Å². The monoisotopic (exact) mass is 268 g/mol. The molecule has 4 nitrogen and oxygen atoms in total. The van der Waals surface area contributed by atoms with Gasteiger partial charge in [0, 0.05) is 44.4 Å². The van der Waals surface area contributed by atoms with E-state index in [9.17, 15) is 9.50 Å². The van der Waals surface area contributed by atoms with E-state index in [0.717, 1.165) is 26.2 Å². The summed E-state index contributed by atoms with van der Waals surface area (Å²) < 4.78 is 19.2. The molecule has 0 amide bonds. The van der Waals surface area contributed by atoms with Gasteiger partial charge in [-0.1, -0.05) is 0 Å². The van der Waals surface area contributed by atoms with Crippen molar-refractivity contribution in [3.63, 3.8) is 0 Å². The molecule has 2 N–H and O–H groups in total. The van der Waals surface area contributed by atoms with Gasteiger partial charge in [0.1, 0.15) is 11.6 Å². The molecular weight excluding hydrogens is 247 g/mol. The molecule has 1 saturated heterocycles. The van der Waals surface area contributed by atoms with Crippen molar-refractivity contribution in [2.24, 2.45) is 0 Å². The standard InChI is InChI=1S/C14H21FN2O2/c1-19-11-2-3-13(15)12(10-11)14(4-9-18)17-7-5-16-6-8-17/h2-3,10,14,16,18H,4-9H2,1H3/t14-/m0/s1. The third-order valence-corrected chi connectivity index (χ3v) is 3.56. The summed E-state index contributed by atoms with van der Waals surface area (Å²) in [5.74, 6) is 0.409. The fraction of sp³-hybridized carbons (Fsp3) is 0.571. The van der Waals surface area contributed by atoms with Gasteiger partial charge in [-0.05, 0) is 24.6 Å². The van der Waals surface area contributed by atoms with Gasteiger partial charge < -0.3 is 15.2 Å². The Morgan fingerprint density at radius 1 is 1.42 bits per heavy atom. The molecule has 19 heavy (non-hydrogen) atoms. The number of hydrogen-bond acceptors (Lipinski definition) is 4. The zero-order chi connectivity index (χ0) is 13.7. The van der Waals surface area contributed by atoms with E-state index in [4.69, 9.17) is 4.74 Å². The van der Waals surface area contributed by atoms with E-state index in [-0.39, 0.29) is 18.5 Å². The van der Waals surface area contributed by atoms with Gasteiger partial charge in [-0.2, -0.15) is 0 Å². The third kappa shape index (κ3) is 3.43. The van der Waals surface area contributed by atoms with Crippen molar-refractivity contribution in [1.29, 1.82) is 0 Å². The average Bonchev–Trinajstić information content (AvgIpc) is 2.47. The minimum atomic E-state index is -0.238. The molecule has 1 aromatic carbocycles. The van der Waals surface area contributed by atoms with Crippen LogP contribution in [0.25, 0.3) is 0 Å². The molecule has 1 atom stereocenters. The van der Waals surface area contributed by atoms with E-state index < -0.39 is 0 Å². The van der Waals surface area contributed by atoms with Gasteiger partial charge in [-0.15, -0.1) is 0 Å². The first kappa shape index (κ1) is 14.2. The lowest BCUT2D eigenvalue weighted by Crippen LogP contribution is -2.45. The minimum absolute atomic E-state index is 0.0469. The highest BCUT2D eigenvalue weighted by molar-refractivity contribution is 5.32. The Kier molecular flexibility index (Phi) is 5.13. The summed E-state index contributed by atoms with van der Waals surface area (Å²) in [6.45, 7) is 3.56. The number of hydrogen-bond donors (Lipinski definition) is 2. The van der Waals surface area contributed by atoms with Gasteiger partial charge in [-0.3, -0.25) is 4.90 Å². The lowest BCUT2D eigenvalue weighted by Gasteiger charge is -2.35. The molecule has 0 aromatic heterocycles. The molecule has 0 radical (unpaired) electrons. The average molecular weight is 268 g/mol. The maximum atomic E-state index is 14.1. The van der Waals surface area contributed by atoms with Crippen LogP contribution in [0.15, 0.2) is 18.2 Å². The predicted octanol–water partition coefficient (Wildman–Crippen LogP) is 1.16. The van der Waals surface area contributed by atoms with Crippen molar-refractivity contribution < 1.29 is 14.2 Å².